The van der Waals surface area contributed by atoms with E-state index in [-0.39, 0.29) is 18.5 Å². The van der Waals surface area contributed by atoms with E-state index in [1.807, 2.05) is 0 Å². The highest BCUT2D eigenvalue weighted by atomic mass is 16.5. The molecule has 0 saturated heterocycles. The average Bonchev–Trinajstić information content (AvgIpc) is 2.96. The minimum Gasteiger partial charge on any atom is -0.481 e. The van der Waals surface area contributed by atoms with E-state index in [9.17, 15) is 9.59 Å². The Hall–Kier alpha value is -2.10. The molecule has 1 N–H and O–H groups in total. The Labute approximate surface area is 253 Å². The molecule has 4 heteroatoms. The third kappa shape index (κ3) is 32.3. The van der Waals surface area contributed by atoms with Crippen LogP contribution in [-0.2, 0) is 14.3 Å². The topological polar surface area (TPSA) is 63.6 Å². The van der Waals surface area contributed by atoms with Crippen LogP contribution in [0.15, 0.2) is 48.6 Å². The number of rotatable bonds is 30. The van der Waals surface area contributed by atoms with Gasteiger partial charge in [-0.05, 0) is 64.2 Å². The van der Waals surface area contributed by atoms with Crippen LogP contribution < -0.4 is 0 Å². The van der Waals surface area contributed by atoms with Crippen molar-refractivity contribution in [3.63, 3.8) is 0 Å². The molecule has 236 valence electrons. The number of ether oxygens (including phenoxy) is 1. The molecule has 0 spiro atoms. The van der Waals surface area contributed by atoms with Crippen molar-refractivity contribution >= 4 is 11.9 Å². The number of hydrogen-bond acceptors (Lipinski definition) is 3. The molecule has 0 aliphatic heterocycles. The maximum atomic E-state index is 12.3. The van der Waals surface area contributed by atoms with Gasteiger partial charge in [0.25, 0.3) is 0 Å². The molecule has 0 fully saturated rings. The molecule has 0 aromatic carbocycles. The smallest absolute Gasteiger partial charge is 0.306 e. The van der Waals surface area contributed by atoms with Gasteiger partial charge in [0.1, 0.15) is 6.10 Å². The molecule has 1 atom stereocenters. The van der Waals surface area contributed by atoms with Crippen molar-refractivity contribution in [2.24, 2.45) is 0 Å². The van der Waals surface area contributed by atoms with Crippen molar-refractivity contribution in [3.8, 4) is 0 Å². The van der Waals surface area contributed by atoms with E-state index < -0.39 is 5.97 Å². The first-order valence-electron chi connectivity index (χ1n) is 17.1. The van der Waals surface area contributed by atoms with Gasteiger partial charge in [0.2, 0.25) is 0 Å². The van der Waals surface area contributed by atoms with Gasteiger partial charge in [-0.2, -0.15) is 0 Å². The largest absolute Gasteiger partial charge is 0.481 e. The predicted octanol–water partition coefficient (Wildman–Crippen LogP) is 11.6. The summed E-state index contributed by atoms with van der Waals surface area (Å²) in [4.78, 5) is 23.4. The predicted molar refractivity (Wildman–Crippen MR) is 176 cm³/mol. The van der Waals surface area contributed by atoms with Crippen molar-refractivity contribution in [1.29, 1.82) is 0 Å². The molecule has 0 radical (unpaired) electrons. The quantitative estimate of drug-likeness (QED) is 0.0528. The van der Waals surface area contributed by atoms with Crippen molar-refractivity contribution < 1.29 is 19.4 Å². The van der Waals surface area contributed by atoms with Gasteiger partial charge in [-0.3, -0.25) is 9.59 Å². The fourth-order valence-electron chi connectivity index (χ4n) is 4.75. The van der Waals surface area contributed by atoms with E-state index in [1.54, 1.807) is 0 Å². The molecule has 0 rings (SSSR count). The Morgan fingerprint density at radius 2 is 0.976 bits per heavy atom. The Bertz CT molecular complexity index is 704. The highest BCUT2D eigenvalue weighted by molar-refractivity contribution is 5.70. The van der Waals surface area contributed by atoms with Crippen LogP contribution in [0.25, 0.3) is 0 Å². The maximum absolute atomic E-state index is 12.3. The molecule has 1 unspecified atom stereocenters. The van der Waals surface area contributed by atoms with E-state index in [1.165, 1.54) is 83.5 Å². The number of carbonyl (C=O) groups excluding carboxylic acids is 1. The normalized spacial score (nSPS) is 12.8. The fraction of sp³-hybridized carbons (Fsp3) is 0.730. The van der Waals surface area contributed by atoms with Crippen molar-refractivity contribution in [3.05, 3.63) is 48.6 Å². The van der Waals surface area contributed by atoms with Gasteiger partial charge in [-0.25, -0.2) is 0 Å². The molecule has 0 aliphatic rings. The minimum absolute atomic E-state index is 0.0538. The summed E-state index contributed by atoms with van der Waals surface area (Å²) in [6.07, 6.45) is 42.6. The van der Waals surface area contributed by atoms with Crippen LogP contribution in [-0.4, -0.2) is 23.1 Å². The van der Waals surface area contributed by atoms with Crippen LogP contribution in [0.4, 0.5) is 0 Å². The summed E-state index contributed by atoms with van der Waals surface area (Å²) < 4.78 is 5.67. The lowest BCUT2D eigenvalue weighted by Gasteiger charge is -2.17. The summed E-state index contributed by atoms with van der Waals surface area (Å²) >= 11 is 0. The Morgan fingerprint density at radius 3 is 1.49 bits per heavy atom. The second kappa shape index (κ2) is 32.4. The molecule has 0 aromatic heterocycles. The van der Waals surface area contributed by atoms with Gasteiger partial charge >= 0.3 is 11.9 Å². The number of allylic oxidation sites excluding steroid dienone is 8. The lowest BCUT2D eigenvalue weighted by Crippen LogP contribution is -2.19. The third-order valence-electron chi connectivity index (χ3n) is 7.32. The Morgan fingerprint density at radius 1 is 0.537 bits per heavy atom. The monoisotopic (exact) mass is 572 g/mol. The molecular formula is C37H64O4. The van der Waals surface area contributed by atoms with Gasteiger partial charge in [-0.1, -0.05) is 140 Å². The maximum Gasteiger partial charge on any atom is 0.306 e. The fourth-order valence-corrected chi connectivity index (χ4v) is 4.75. The summed E-state index contributed by atoms with van der Waals surface area (Å²) in [6, 6.07) is 0. The number of carboxylic acid groups (broad SMARTS) is 1. The van der Waals surface area contributed by atoms with Gasteiger partial charge in [0.15, 0.2) is 0 Å². The molecular weight excluding hydrogens is 508 g/mol. The number of carboxylic acids is 1. The Balaban J connectivity index is 3.91. The number of unbranched alkanes of at least 4 members (excludes halogenated alkanes) is 14. The van der Waals surface area contributed by atoms with Crippen LogP contribution in [0.3, 0.4) is 0 Å². The Kier molecular flexibility index (Phi) is 30.8. The zero-order valence-electron chi connectivity index (χ0n) is 26.8. The highest BCUT2D eigenvalue weighted by Gasteiger charge is 2.15. The first-order valence-corrected chi connectivity index (χ1v) is 17.1. The zero-order chi connectivity index (χ0) is 30.1. The number of esters is 1. The first kappa shape index (κ1) is 38.9. The lowest BCUT2D eigenvalue weighted by molar-refractivity contribution is -0.151. The van der Waals surface area contributed by atoms with Crippen molar-refractivity contribution in [1.82, 2.24) is 0 Å². The minimum atomic E-state index is -0.828. The van der Waals surface area contributed by atoms with Gasteiger partial charge < -0.3 is 9.84 Å². The van der Waals surface area contributed by atoms with Gasteiger partial charge in [0, 0.05) is 12.8 Å². The molecule has 0 aliphatic carbocycles. The van der Waals surface area contributed by atoms with Gasteiger partial charge in [0.05, 0.1) is 0 Å². The molecule has 0 aromatic rings. The summed E-state index contributed by atoms with van der Waals surface area (Å²) in [5.41, 5.74) is 0. The van der Waals surface area contributed by atoms with Gasteiger partial charge in [-0.15, -0.1) is 0 Å². The van der Waals surface area contributed by atoms with E-state index >= 15 is 0 Å². The van der Waals surface area contributed by atoms with E-state index in [0.29, 0.717) is 12.8 Å². The third-order valence-corrected chi connectivity index (χ3v) is 7.32. The molecule has 0 amide bonds. The average molecular weight is 573 g/mol. The van der Waals surface area contributed by atoms with E-state index in [0.717, 1.165) is 51.4 Å². The number of aliphatic carboxylic acids is 1. The second-order valence-corrected chi connectivity index (χ2v) is 11.3. The summed E-state index contributed by atoms with van der Waals surface area (Å²) in [7, 11) is 0. The standard InChI is InChI=1S/C37H64O4/c1-3-5-7-9-11-13-15-16-17-18-19-20-22-24-26-28-30-32-37(40)41-35(33-34-36(38)39)31-29-27-25-23-21-14-12-10-8-6-4-2/h11,13,16-17,19-20,24,26,35H,3-10,12,14-15,18,21-23,25,27-34H2,1-2H3,(H,38,39)/b13-11-,17-16-,20-19-,26-24-. The van der Waals surface area contributed by atoms with Crippen LogP contribution in [0.5, 0.6) is 0 Å². The van der Waals surface area contributed by atoms with E-state index in [4.69, 9.17) is 9.84 Å². The molecule has 4 nitrogen and oxygen atoms in total. The summed E-state index contributed by atoms with van der Waals surface area (Å²) in [5, 5.41) is 9.06. The highest BCUT2D eigenvalue weighted by Crippen LogP contribution is 2.17. The number of hydrogen-bond donors (Lipinski definition) is 1. The van der Waals surface area contributed by atoms with Crippen molar-refractivity contribution in [2.75, 3.05) is 0 Å². The molecule has 0 bridgehead atoms. The zero-order valence-corrected chi connectivity index (χ0v) is 26.8. The molecule has 0 heterocycles. The van der Waals surface area contributed by atoms with Crippen molar-refractivity contribution in [2.45, 2.75) is 174 Å². The molecule has 41 heavy (non-hydrogen) atoms. The van der Waals surface area contributed by atoms with Crippen LogP contribution in [0, 0.1) is 0 Å². The van der Waals surface area contributed by atoms with Crippen LogP contribution >= 0.6 is 0 Å². The summed E-state index contributed by atoms with van der Waals surface area (Å²) in [5.74, 6) is -1.02. The second-order valence-electron chi connectivity index (χ2n) is 11.3. The van der Waals surface area contributed by atoms with E-state index in [2.05, 4.69) is 62.5 Å². The lowest BCUT2D eigenvalue weighted by atomic mass is 10.0. The summed E-state index contributed by atoms with van der Waals surface area (Å²) in [6.45, 7) is 4.49. The first-order chi connectivity index (χ1) is 20.1. The SMILES string of the molecule is CCCCC/C=C\C/C=C\C/C=C\C/C=C\CCCC(=O)OC(CCCCCCCCCCCCC)CCC(=O)O. The van der Waals surface area contributed by atoms with Crippen LogP contribution in [0.2, 0.25) is 0 Å². The molecule has 0 saturated carbocycles. The number of carbonyl (C=O) groups is 2. The van der Waals surface area contributed by atoms with Crippen LogP contribution in [0.1, 0.15) is 168 Å².